The van der Waals surface area contributed by atoms with E-state index >= 15 is 0 Å². The number of aromatic nitrogens is 2. The van der Waals surface area contributed by atoms with Crippen LogP contribution in [0, 0.1) is 5.82 Å². The molecule has 1 fully saturated rings. The van der Waals surface area contributed by atoms with Crippen LogP contribution in [-0.2, 0) is 4.74 Å². The van der Waals surface area contributed by atoms with Crippen molar-refractivity contribution in [3.8, 4) is 11.6 Å². The fourth-order valence-corrected chi connectivity index (χ4v) is 3.79. The minimum atomic E-state index is -0.519. The maximum atomic E-state index is 14.4. The quantitative estimate of drug-likeness (QED) is 0.502. The average molecular weight is 467 g/mol. The number of aromatic hydroxyl groups is 1. The Bertz CT molecular complexity index is 925. The number of piperidine rings is 1. The van der Waals surface area contributed by atoms with Crippen molar-refractivity contribution in [1.82, 2.24) is 14.9 Å². The van der Waals surface area contributed by atoms with Gasteiger partial charge in [0.2, 0.25) is 5.75 Å². The summed E-state index contributed by atoms with van der Waals surface area (Å²) in [6.07, 6.45) is 1.56. The van der Waals surface area contributed by atoms with E-state index in [-0.39, 0.29) is 48.0 Å². The lowest BCUT2D eigenvalue weighted by Crippen LogP contribution is -2.42. The SMILES string of the molecule is CC(C)OC(=O)N1CCC(Oc2ncnc(Nc3ccc(SCCO)cc3F)c2O)CC1. The van der Waals surface area contributed by atoms with Crippen LogP contribution in [0.25, 0.3) is 0 Å². The maximum absolute atomic E-state index is 14.4. The second kappa shape index (κ2) is 11.2. The number of anilines is 2. The summed E-state index contributed by atoms with van der Waals surface area (Å²) in [7, 11) is 0. The summed E-state index contributed by atoms with van der Waals surface area (Å²) in [4.78, 5) is 22.3. The molecule has 1 saturated heterocycles. The molecule has 11 heteroatoms. The molecular formula is C21H27FN4O5S. The molecule has 0 unspecified atom stereocenters. The van der Waals surface area contributed by atoms with Crippen molar-refractivity contribution in [3.05, 3.63) is 30.3 Å². The molecule has 0 aliphatic carbocycles. The third kappa shape index (κ3) is 6.36. The molecule has 1 aromatic carbocycles. The van der Waals surface area contributed by atoms with Crippen LogP contribution in [0.15, 0.2) is 29.4 Å². The fourth-order valence-electron chi connectivity index (χ4n) is 3.11. The highest BCUT2D eigenvalue weighted by Gasteiger charge is 2.27. The summed E-state index contributed by atoms with van der Waals surface area (Å²) < 4.78 is 25.4. The van der Waals surface area contributed by atoms with Crippen LogP contribution in [-0.4, -0.2) is 68.8 Å². The van der Waals surface area contributed by atoms with E-state index in [1.54, 1.807) is 24.8 Å². The monoisotopic (exact) mass is 466 g/mol. The molecule has 2 heterocycles. The van der Waals surface area contributed by atoms with Gasteiger partial charge < -0.3 is 29.9 Å². The number of rotatable bonds is 8. The predicted octanol–water partition coefficient (Wildman–Crippen LogP) is 3.54. The first-order valence-electron chi connectivity index (χ1n) is 10.3. The first-order chi connectivity index (χ1) is 15.4. The van der Waals surface area contributed by atoms with E-state index in [0.717, 1.165) is 0 Å². The minimum absolute atomic E-state index is 0.00489. The second-order valence-electron chi connectivity index (χ2n) is 7.45. The molecule has 1 aliphatic heterocycles. The normalized spacial score (nSPS) is 14.5. The van der Waals surface area contributed by atoms with Crippen molar-refractivity contribution in [3.63, 3.8) is 0 Å². The summed E-state index contributed by atoms with van der Waals surface area (Å²) >= 11 is 1.33. The zero-order valence-electron chi connectivity index (χ0n) is 18.0. The van der Waals surface area contributed by atoms with Gasteiger partial charge in [-0.2, -0.15) is 4.98 Å². The van der Waals surface area contributed by atoms with Gasteiger partial charge >= 0.3 is 6.09 Å². The molecule has 0 radical (unpaired) electrons. The van der Waals surface area contributed by atoms with E-state index in [9.17, 15) is 14.3 Å². The molecule has 0 saturated carbocycles. The smallest absolute Gasteiger partial charge is 0.410 e. The Balaban J connectivity index is 1.61. The number of aliphatic hydroxyl groups excluding tert-OH is 1. The van der Waals surface area contributed by atoms with E-state index in [2.05, 4.69) is 15.3 Å². The number of amides is 1. The molecule has 9 nitrogen and oxygen atoms in total. The standard InChI is InChI=1S/C21H27FN4O5S/c1-13(2)30-21(29)26-7-5-14(6-8-26)31-20-18(28)19(23-12-24-20)25-17-4-3-15(11-16(17)22)32-10-9-27/h3-4,11-14,27-28H,5-10H2,1-2H3,(H,23,24,25). The maximum Gasteiger partial charge on any atom is 0.410 e. The van der Waals surface area contributed by atoms with Gasteiger partial charge in [-0.1, -0.05) is 0 Å². The van der Waals surface area contributed by atoms with Crippen molar-refractivity contribution in [1.29, 1.82) is 0 Å². The molecule has 174 valence electrons. The van der Waals surface area contributed by atoms with Crippen molar-refractivity contribution in [2.24, 2.45) is 0 Å². The van der Waals surface area contributed by atoms with Crippen LogP contribution in [0.3, 0.4) is 0 Å². The topological polar surface area (TPSA) is 117 Å². The minimum Gasteiger partial charge on any atom is -0.501 e. The predicted molar refractivity (Wildman–Crippen MR) is 118 cm³/mol. The highest BCUT2D eigenvalue weighted by atomic mass is 32.2. The first kappa shape index (κ1) is 23.9. The van der Waals surface area contributed by atoms with Gasteiger partial charge in [0.25, 0.3) is 5.88 Å². The van der Waals surface area contributed by atoms with Gasteiger partial charge in [-0.3, -0.25) is 0 Å². The van der Waals surface area contributed by atoms with Gasteiger partial charge in [0.05, 0.1) is 18.4 Å². The third-order valence-corrected chi connectivity index (χ3v) is 5.63. The van der Waals surface area contributed by atoms with Crippen molar-refractivity contribution >= 4 is 29.4 Å². The summed E-state index contributed by atoms with van der Waals surface area (Å²) in [6, 6.07) is 4.58. The number of nitrogens with zero attached hydrogens (tertiary/aromatic N) is 3. The number of ether oxygens (including phenoxy) is 2. The van der Waals surface area contributed by atoms with Crippen LogP contribution in [0.4, 0.5) is 20.7 Å². The number of hydrogen-bond acceptors (Lipinski definition) is 9. The molecule has 0 atom stereocenters. The average Bonchev–Trinajstić information content (AvgIpc) is 2.76. The van der Waals surface area contributed by atoms with Crippen LogP contribution in [0.5, 0.6) is 11.6 Å². The van der Waals surface area contributed by atoms with Crippen LogP contribution >= 0.6 is 11.8 Å². The highest BCUT2D eigenvalue weighted by Crippen LogP contribution is 2.34. The Hall–Kier alpha value is -2.79. The van der Waals surface area contributed by atoms with E-state index < -0.39 is 5.82 Å². The van der Waals surface area contributed by atoms with Gasteiger partial charge in [0, 0.05) is 36.6 Å². The molecule has 1 amide bonds. The lowest BCUT2D eigenvalue weighted by molar-refractivity contribution is 0.0500. The number of aliphatic hydroxyl groups is 1. The Labute approximate surface area is 190 Å². The molecule has 3 N–H and O–H groups in total. The molecule has 1 aliphatic rings. The second-order valence-corrected chi connectivity index (χ2v) is 8.62. The zero-order valence-corrected chi connectivity index (χ0v) is 18.8. The van der Waals surface area contributed by atoms with E-state index in [1.165, 1.54) is 30.2 Å². The number of likely N-dealkylation sites (tertiary alicyclic amines) is 1. The van der Waals surface area contributed by atoms with Gasteiger partial charge in [-0.25, -0.2) is 14.2 Å². The Morgan fingerprint density at radius 3 is 2.75 bits per heavy atom. The summed E-state index contributed by atoms with van der Waals surface area (Å²) in [5.74, 6) is -0.373. The lowest BCUT2D eigenvalue weighted by atomic mass is 10.1. The molecular weight excluding hydrogens is 439 g/mol. The number of nitrogens with one attached hydrogen (secondary N) is 1. The van der Waals surface area contributed by atoms with Crippen LogP contribution < -0.4 is 10.1 Å². The zero-order chi connectivity index (χ0) is 23.1. The highest BCUT2D eigenvalue weighted by molar-refractivity contribution is 7.99. The first-order valence-corrected chi connectivity index (χ1v) is 11.3. The van der Waals surface area contributed by atoms with E-state index in [4.69, 9.17) is 14.6 Å². The molecule has 2 aromatic rings. The molecule has 0 bridgehead atoms. The largest absolute Gasteiger partial charge is 0.501 e. The number of halogens is 1. The third-order valence-electron chi connectivity index (χ3n) is 4.66. The molecule has 32 heavy (non-hydrogen) atoms. The van der Waals surface area contributed by atoms with Crippen molar-refractivity contribution in [2.45, 2.75) is 43.8 Å². The number of thioether (sulfide) groups is 1. The van der Waals surface area contributed by atoms with Gasteiger partial charge in [-0.15, -0.1) is 11.8 Å². The number of hydrogen-bond donors (Lipinski definition) is 3. The molecule has 0 spiro atoms. The summed E-state index contributed by atoms with van der Waals surface area (Å²) in [6.45, 7) is 4.55. The van der Waals surface area contributed by atoms with Gasteiger partial charge in [0.15, 0.2) is 5.82 Å². The number of carbonyl (C=O) groups is 1. The fraction of sp³-hybridized carbons (Fsp3) is 0.476. The lowest BCUT2D eigenvalue weighted by Gasteiger charge is -2.31. The Kier molecular flexibility index (Phi) is 8.34. The van der Waals surface area contributed by atoms with Gasteiger partial charge in [-0.05, 0) is 32.0 Å². The van der Waals surface area contributed by atoms with E-state index in [1.807, 2.05) is 0 Å². The van der Waals surface area contributed by atoms with Crippen LogP contribution in [0.1, 0.15) is 26.7 Å². The van der Waals surface area contributed by atoms with Crippen LogP contribution in [0.2, 0.25) is 0 Å². The van der Waals surface area contributed by atoms with E-state index in [0.29, 0.717) is 36.6 Å². The van der Waals surface area contributed by atoms with Crippen molar-refractivity contribution < 1.29 is 28.9 Å². The number of carbonyl (C=O) groups excluding carboxylic acids is 1. The summed E-state index contributed by atoms with van der Waals surface area (Å²) in [5.41, 5.74) is 0.135. The molecule has 1 aromatic heterocycles. The Morgan fingerprint density at radius 1 is 1.34 bits per heavy atom. The summed E-state index contributed by atoms with van der Waals surface area (Å²) in [5, 5.41) is 22.2. The van der Waals surface area contributed by atoms with Crippen molar-refractivity contribution in [2.75, 3.05) is 30.8 Å². The molecule has 3 rings (SSSR count). The van der Waals surface area contributed by atoms with Gasteiger partial charge in [0.1, 0.15) is 18.2 Å². The number of benzene rings is 1. The Morgan fingerprint density at radius 2 is 2.09 bits per heavy atom.